The van der Waals surface area contributed by atoms with Crippen LogP contribution in [0.15, 0.2) is 0 Å². The summed E-state index contributed by atoms with van der Waals surface area (Å²) in [4.78, 5) is 14.9. The van der Waals surface area contributed by atoms with Crippen molar-refractivity contribution in [3.05, 3.63) is 0 Å². The van der Waals surface area contributed by atoms with Crippen molar-refractivity contribution < 1.29 is 9.53 Å². The van der Waals surface area contributed by atoms with Crippen molar-refractivity contribution in [2.24, 2.45) is 11.8 Å². The van der Waals surface area contributed by atoms with Crippen molar-refractivity contribution in [3.8, 4) is 0 Å². The Labute approximate surface area is 116 Å². The third-order valence-electron chi connectivity index (χ3n) is 4.39. The van der Waals surface area contributed by atoms with Gasteiger partial charge in [0.05, 0.1) is 6.61 Å². The molecule has 1 heterocycles. The molecule has 0 bridgehead atoms. The van der Waals surface area contributed by atoms with E-state index in [-0.39, 0.29) is 5.97 Å². The summed E-state index contributed by atoms with van der Waals surface area (Å²) in [5.41, 5.74) is -0.463. The van der Waals surface area contributed by atoms with Gasteiger partial charge in [0.2, 0.25) is 0 Å². The molecule has 4 nitrogen and oxygen atoms in total. The van der Waals surface area contributed by atoms with Gasteiger partial charge < -0.3 is 15.0 Å². The van der Waals surface area contributed by atoms with E-state index in [1.165, 1.54) is 6.42 Å². The van der Waals surface area contributed by atoms with E-state index in [0.717, 1.165) is 44.9 Å². The molecule has 1 saturated heterocycles. The normalized spacial score (nSPS) is 27.2. The summed E-state index contributed by atoms with van der Waals surface area (Å²) in [7, 11) is 0. The lowest BCUT2D eigenvalue weighted by molar-refractivity contribution is -0.153. The van der Waals surface area contributed by atoms with Gasteiger partial charge in [0.25, 0.3) is 0 Å². The third kappa shape index (κ3) is 3.29. The molecule has 0 radical (unpaired) electrons. The van der Waals surface area contributed by atoms with Crippen LogP contribution < -0.4 is 5.32 Å². The highest BCUT2D eigenvalue weighted by Gasteiger charge is 2.52. The number of carbonyl (C=O) groups excluding carboxylic acids is 1. The number of hydrogen-bond acceptors (Lipinski definition) is 4. The highest BCUT2D eigenvalue weighted by molar-refractivity contribution is 5.82. The lowest BCUT2D eigenvalue weighted by Gasteiger charge is -2.36. The predicted octanol–water partition coefficient (Wildman–Crippen LogP) is 1.65. The Morgan fingerprint density at radius 3 is 2.58 bits per heavy atom. The van der Waals surface area contributed by atoms with E-state index >= 15 is 0 Å². The number of rotatable bonds is 7. The smallest absolute Gasteiger partial charge is 0.327 e. The zero-order valence-corrected chi connectivity index (χ0v) is 12.6. The average molecular weight is 268 g/mol. The molecule has 1 aliphatic heterocycles. The topological polar surface area (TPSA) is 41.6 Å². The molecule has 1 aliphatic carbocycles. The molecule has 2 aliphatic rings. The Bertz CT molecular complexity index is 317. The molecule has 2 fully saturated rings. The van der Waals surface area contributed by atoms with Crippen LogP contribution in [0.5, 0.6) is 0 Å². The van der Waals surface area contributed by atoms with Crippen LogP contribution in [0.1, 0.15) is 40.0 Å². The van der Waals surface area contributed by atoms with Crippen LogP contribution >= 0.6 is 0 Å². The van der Waals surface area contributed by atoms with E-state index in [1.807, 2.05) is 6.92 Å². The number of likely N-dealkylation sites (N-methyl/N-ethyl adjacent to an activating group) is 1. The summed E-state index contributed by atoms with van der Waals surface area (Å²) in [6, 6.07) is 0. The van der Waals surface area contributed by atoms with Gasteiger partial charge >= 0.3 is 5.97 Å². The van der Waals surface area contributed by atoms with Crippen LogP contribution in [-0.2, 0) is 9.53 Å². The number of nitrogens with one attached hydrogen (secondary N) is 1. The minimum atomic E-state index is -0.463. The second-order valence-corrected chi connectivity index (χ2v) is 6.13. The van der Waals surface area contributed by atoms with Crippen molar-refractivity contribution in [3.63, 3.8) is 0 Å². The van der Waals surface area contributed by atoms with Crippen LogP contribution in [0.3, 0.4) is 0 Å². The first kappa shape index (κ1) is 14.8. The van der Waals surface area contributed by atoms with Crippen LogP contribution in [-0.4, -0.2) is 49.2 Å². The monoisotopic (exact) mass is 268 g/mol. The van der Waals surface area contributed by atoms with Crippen LogP contribution in [0.4, 0.5) is 0 Å². The summed E-state index contributed by atoms with van der Waals surface area (Å²) in [6.07, 6.45) is 3.54. The van der Waals surface area contributed by atoms with Crippen molar-refractivity contribution in [1.82, 2.24) is 10.2 Å². The molecule has 4 heteroatoms. The van der Waals surface area contributed by atoms with Crippen molar-refractivity contribution in [1.29, 1.82) is 0 Å². The molecular weight excluding hydrogens is 240 g/mol. The SMILES string of the molecule is CCNC(CN1CCC(C)C1)(C(=O)OCC)C1CC1. The second-order valence-electron chi connectivity index (χ2n) is 6.13. The largest absolute Gasteiger partial charge is 0.465 e. The maximum Gasteiger partial charge on any atom is 0.327 e. The molecule has 0 aromatic carbocycles. The number of carbonyl (C=O) groups is 1. The van der Waals surface area contributed by atoms with Gasteiger partial charge in [-0.2, -0.15) is 0 Å². The minimum absolute atomic E-state index is 0.0427. The lowest BCUT2D eigenvalue weighted by Crippen LogP contribution is -2.61. The van der Waals surface area contributed by atoms with Gasteiger partial charge in [-0.05, 0) is 51.1 Å². The standard InChI is InChI=1S/C15H28N2O2/c1-4-16-15(13-6-7-13,14(18)19-5-2)11-17-9-8-12(3)10-17/h12-13,16H,4-11H2,1-3H3. The van der Waals surface area contributed by atoms with E-state index in [2.05, 4.69) is 24.1 Å². The molecule has 0 aromatic heterocycles. The van der Waals surface area contributed by atoms with Crippen LogP contribution in [0.25, 0.3) is 0 Å². The first-order valence-electron chi connectivity index (χ1n) is 7.77. The number of nitrogens with zero attached hydrogens (tertiary/aromatic N) is 1. The molecule has 2 unspecified atom stereocenters. The van der Waals surface area contributed by atoms with Gasteiger partial charge in [0.15, 0.2) is 0 Å². The summed E-state index contributed by atoms with van der Waals surface area (Å²) < 4.78 is 5.37. The van der Waals surface area contributed by atoms with E-state index in [4.69, 9.17) is 4.74 Å². The quantitative estimate of drug-likeness (QED) is 0.713. The Morgan fingerprint density at radius 1 is 1.37 bits per heavy atom. The fourth-order valence-corrected chi connectivity index (χ4v) is 3.31. The first-order valence-corrected chi connectivity index (χ1v) is 7.77. The fraction of sp³-hybridized carbons (Fsp3) is 0.933. The molecule has 1 N–H and O–H groups in total. The molecule has 0 aromatic rings. The maximum atomic E-state index is 12.5. The lowest BCUT2D eigenvalue weighted by atomic mass is 9.92. The highest BCUT2D eigenvalue weighted by Crippen LogP contribution is 2.41. The Morgan fingerprint density at radius 2 is 2.11 bits per heavy atom. The maximum absolute atomic E-state index is 12.5. The van der Waals surface area contributed by atoms with Gasteiger partial charge in [0.1, 0.15) is 5.54 Å². The summed E-state index contributed by atoms with van der Waals surface area (Å²) in [5.74, 6) is 1.17. The molecule has 2 atom stereocenters. The first-order chi connectivity index (χ1) is 9.12. The average Bonchev–Trinajstić information content (AvgIpc) is 3.14. The van der Waals surface area contributed by atoms with E-state index in [1.54, 1.807) is 0 Å². The van der Waals surface area contributed by atoms with Crippen LogP contribution in [0, 0.1) is 11.8 Å². The summed E-state index contributed by atoms with van der Waals surface area (Å²) in [5, 5.41) is 3.47. The fourth-order valence-electron chi connectivity index (χ4n) is 3.31. The van der Waals surface area contributed by atoms with Gasteiger partial charge in [0, 0.05) is 13.1 Å². The zero-order chi connectivity index (χ0) is 13.9. The second kappa shape index (κ2) is 6.23. The van der Waals surface area contributed by atoms with Gasteiger partial charge in [-0.15, -0.1) is 0 Å². The van der Waals surface area contributed by atoms with Crippen molar-refractivity contribution in [2.75, 3.05) is 32.8 Å². The molecule has 0 spiro atoms. The molecule has 1 saturated carbocycles. The number of ether oxygens (including phenoxy) is 1. The molecule has 110 valence electrons. The Hall–Kier alpha value is -0.610. The summed E-state index contributed by atoms with van der Waals surface area (Å²) >= 11 is 0. The summed E-state index contributed by atoms with van der Waals surface area (Å²) in [6.45, 7) is 10.6. The predicted molar refractivity (Wildman–Crippen MR) is 76.0 cm³/mol. The molecular formula is C15H28N2O2. The Balaban J connectivity index is 2.09. The van der Waals surface area contributed by atoms with Gasteiger partial charge in [-0.1, -0.05) is 13.8 Å². The van der Waals surface area contributed by atoms with E-state index < -0.39 is 5.54 Å². The van der Waals surface area contributed by atoms with Gasteiger partial charge in [-0.3, -0.25) is 0 Å². The van der Waals surface area contributed by atoms with Gasteiger partial charge in [-0.25, -0.2) is 4.79 Å². The molecule has 19 heavy (non-hydrogen) atoms. The van der Waals surface area contributed by atoms with E-state index in [9.17, 15) is 4.79 Å². The number of likely N-dealkylation sites (tertiary alicyclic amines) is 1. The molecule has 2 rings (SSSR count). The highest BCUT2D eigenvalue weighted by atomic mass is 16.5. The number of esters is 1. The third-order valence-corrected chi connectivity index (χ3v) is 4.39. The Kier molecular flexibility index (Phi) is 4.85. The van der Waals surface area contributed by atoms with E-state index in [0.29, 0.717) is 12.5 Å². The minimum Gasteiger partial charge on any atom is -0.465 e. The number of hydrogen-bond donors (Lipinski definition) is 1. The van der Waals surface area contributed by atoms with Crippen molar-refractivity contribution in [2.45, 2.75) is 45.6 Å². The zero-order valence-electron chi connectivity index (χ0n) is 12.6. The van der Waals surface area contributed by atoms with Crippen LogP contribution in [0.2, 0.25) is 0 Å². The van der Waals surface area contributed by atoms with Crippen molar-refractivity contribution >= 4 is 5.97 Å². The molecule has 0 amide bonds.